The van der Waals surface area contributed by atoms with Crippen molar-refractivity contribution in [2.45, 2.75) is 19.7 Å². The average molecular weight is 413 g/mol. The Bertz CT molecular complexity index is 815. The predicted octanol–water partition coefficient (Wildman–Crippen LogP) is 3.00. The van der Waals surface area contributed by atoms with Crippen LogP contribution in [0.15, 0.2) is 28.8 Å². The highest BCUT2D eigenvalue weighted by atomic mass is 19.4. The summed E-state index contributed by atoms with van der Waals surface area (Å²) < 4.78 is 51.3. The van der Waals surface area contributed by atoms with E-state index in [0.29, 0.717) is 17.8 Å². The third kappa shape index (κ3) is 5.94. The maximum absolute atomic E-state index is 12.6. The second kappa shape index (κ2) is 9.27. The number of aryl methyl sites for hydroxylation is 1. The lowest BCUT2D eigenvalue weighted by molar-refractivity contribution is -0.274. The van der Waals surface area contributed by atoms with Crippen molar-refractivity contribution < 1.29 is 32.0 Å². The number of alkyl halides is 3. The van der Waals surface area contributed by atoms with Crippen LogP contribution in [0.5, 0.6) is 5.75 Å². The first kappa shape index (κ1) is 21.1. The minimum atomic E-state index is -4.77. The van der Waals surface area contributed by atoms with Gasteiger partial charge in [-0.2, -0.15) is 0 Å². The van der Waals surface area contributed by atoms with E-state index < -0.39 is 6.36 Å². The van der Waals surface area contributed by atoms with Gasteiger partial charge in [0.1, 0.15) is 11.3 Å². The van der Waals surface area contributed by atoms with Crippen LogP contribution in [0.3, 0.4) is 0 Å². The second-order valence-electron chi connectivity index (χ2n) is 6.61. The highest BCUT2D eigenvalue weighted by Gasteiger charge is 2.31. The Kier molecular flexibility index (Phi) is 6.75. The lowest BCUT2D eigenvalue weighted by atomic mass is 10.1. The molecule has 0 aliphatic carbocycles. The van der Waals surface area contributed by atoms with Gasteiger partial charge in [-0.1, -0.05) is 5.16 Å². The molecule has 1 amide bonds. The third-order valence-electron chi connectivity index (χ3n) is 4.48. The van der Waals surface area contributed by atoms with Crippen molar-refractivity contribution in [1.82, 2.24) is 15.4 Å². The van der Waals surface area contributed by atoms with Crippen molar-refractivity contribution >= 4 is 5.91 Å². The summed E-state index contributed by atoms with van der Waals surface area (Å²) in [5.41, 5.74) is 1.10. The Hall–Kier alpha value is -2.59. The molecular formula is C19H22F3N3O4. The zero-order valence-electron chi connectivity index (χ0n) is 15.9. The van der Waals surface area contributed by atoms with E-state index in [-0.39, 0.29) is 23.0 Å². The molecule has 0 atom stereocenters. The highest BCUT2D eigenvalue weighted by Crippen LogP contribution is 2.29. The van der Waals surface area contributed by atoms with E-state index in [1.54, 1.807) is 6.92 Å². The maximum Gasteiger partial charge on any atom is 0.573 e. The van der Waals surface area contributed by atoms with Crippen molar-refractivity contribution in [3.05, 3.63) is 35.5 Å². The van der Waals surface area contributed by atoms with Crippen molar-refractivity contribution in [3.8, 4) is 17.1 Å². The normalized spacial score (nSPS) is 15.3. The summed E-state index contributed by atoms with van der Waals surface area (Å²) in [6.45, 7) is 6.20. The number of ether oxygens (including phenoxy) is 2. The van der Waals surface area contributed by atoms with E-state index in [2.05, 4.69) is 20.1 Å². The largest absolute Gasteiger partial charge is 0.573 e. The number of hydrogen-bond donors (Lipinski definition) is 1. The summed E-state index contributed by atoms with van der Waals surface area (Å²) >= 11 is 0. The van der Waals surface area contributed by atoms with Crippen LogP contribution < -0.4 is 10.1 Å². The maximum atomic E-state index is 12.6. The van der Waals surface area contributed by atoms with Gasteiger partial charge in [0, 0.05) is 25.2 Å². The van der Waals surface area contributed by atoms with E-state index >= 15 is 0 Å². The van der Waals surface area contributed by atoms with Crippen LogP contribution in [0.25, 0.3) is 11.3 Å². The number of morpholine rings is 1. The molecule has 0 unspecified atom stereocenters. The number of nitrogens with one attached hydrogen (secondary N) is 1. The second-order valence-corrected chi connectivity index (χ2v) is 6.61. The summed E-state index contributed by atoms with van der Waals surface area (Å²) in [5.74, 6) is -0.491. The number of rotatable bonds is 7. The van der Waals surface area contributed by atoms with Crippen molar-refractivity contribution in [2.24, 2.45) is 0 Å². The topological polar surface area (TPSA) is 76.8 Å². The molecule has 0 spiro atoms. The summed E-state index contributed by atoms with van der Waals surface area (Å²) in [4.78, 5) is 14.9. The highest BCUT2D eigenvalue weighted by molar-refractivity contribution is 6.00. The SMILES string of the molecule is Cc1noc(-c2ccc(OC(F)(F)F)cc2)c1C(=O)NCCCN1CCOCC1. The Morgan fingerprint density at radius 2 is 1.93 bits per heavy atom. The van der Waals surface area contributed by atoms with Crippen LogP contribution in [0.2, 0.25) is 0 Å². The molecule has 0 radical (unpaired) electrons. The molecule has 7 nitrogen and oxygen atoms in total. The summed E-state index contributed by atoms with van der Waals surface area (Å²) in [6, 6.07) is 5.09. The number of benzene rings is 1. The fourth-order valence-corrected chi connectivity index (χ4v) is 3.06. The Labute approximate surface area is 165 Å². The molecule has 1 fully saturated rings. The molecule has 1 aromatic carbocycles. The van der Waals surface area contributed by atoms with Crippen molar-refractivity contribution in [2.75, 3.05) is 39.4 Å². The molecule has 1 aliphatic heterocycles. The van der Waals surface area contributed by atoms with E-state index in [9.17, 15) is 18.0 Å². The van der Waals surface area contributed by atoms with Crippen LogP contribution in [0.1, 0.15) is 22.5 Å². The summed E-state index contributed by atoms with van der Waals surface area (Å²) in [6.07, 6.45) is -3.98. The molecule has 158 valence electrons. The van der Waals surface area contributed by atoms with Crippen LogP contribution in [-0.2, 0) is 4.74 Å². The van der Waals surface area contributed by atoms with E-state index in [1.165, 1.54) is 12.1 Å². The Morgan fingerprint density at radius 3 is 2.59 bits per heavy atom. The standard InChI is InChI=1S/C19H22F3N3O4/c1-13-16(18(26)23-7-2-8-25-9-11-27-12-10-25)17(29-24-13)14-3-5-15(6-4-14)28-19(20,21)22/h3-6H,2,7-12H2,1H3,(H,23,26). The molecule has 2 aromatic rings. The predicted molar refractivity (Wildman–Crippen MR) is 97.6 cm³/mol. The molecular weight excluding hydrogens is 391 g/mol. The smallest absolute Gasteiger partial charge is 0.406 e. The van der Waals surface area contributed by atoms with Gasteiger partial charge in [-0.3, -0.25) is 9.69 Å². The van der Waals surface area contributed by atoms with E-state index in [1.807, 2.05) is 0 Å². The summed E-state index contributed by atoms with van der Waals surface area (Å²) in [5, 5.41) is 6.68. The molecule has 2 heterocycles. The van der Waals surface area contributed by atoms with Crippen LogP contribution >= 0.6 is 0 Å². The molecule has 3 rings (SSSR count). The monoisotopic (exact) mass is 413 g/mol. The minimum Gasteiger partial charge on any atom is -0.406 e. The van der Waals surface area contributed by atoms with Gasteiger partial charge in [-0.05, 0) is 44.2 Å². The number of aromatic nitrogens is 1. The van der Waals surface area contributed by atoms with Gasteiger partial charge in [-0.25, -0.2) is 0 Å². The van der Waals surface area contributed by atoms with Gasteiger partial charge >= 0.3 is 6.36 Å². The fourth-order valence-electron chi connectivity index (χ4n) is 3.06. The lowest BCUT2D eigenvalue weighted by Gasteiger charge is -2.26. The average Bonchev–Trinajstić information content (AvgIpc) is 3.07. The molecule has 1 N–H and O–H groups in total. The van der Waals surface area contributed by atoms with Gasteiger partial charge in [0.2, 0.25) is 0 Å². The molecule has 0 bridgehead atoms. The number of nitrogens with zero attached hydrogens (tertiary/aromatic N) is 2. The molecule has 29 heavy (non-hydrogen) atoms. The zero-order chi connectivity index (χ0) is 20.9. The minimum absolute atomic E-state index is 0.201. The zero-order valence-corrected chi connectivity index (χ0v) is 15.9. The first-order chi connectivity index (χ1) is 13.8. The van der Waals surface area contributed by atoms with Crippen LogP contribution in [0, 0.1) is 6.92 Å². The molecule has 1 aliphatic rings. The fraction of sp³-hybridized carbons (Fsp3) is 0.474. The van der Waals surface area contributed by atoms with Gasteiger partial charge in [0.05, 0.1) is 18.9 Å². The number of hydrogen-bond acceptors (Lipinski definition) is 6. The molecule has 0 saturated carbocycles. The van der Waals surface area contributed by atoms with E-state index in [0.717, 1.165) is 51.4 Å². The van der Waals surface area contributed by atoms with Gasteiger partial charge in [0.25, 0.3) is 5.91 Å². The lowest BCUT2D eigenvalue weighted by Crippen LogP contribution is -2.38. The molecule has 1 saturated heterocycles. The third-order valence-corrected chi connectivity index (χ3v) is 4.48. The van der Waals surface area contributed by atoms with Crippen LogP contribution in [0.4, 0.5) is 13.2 Å². The quantitative estimate of drug-likeness (QED) is 0.704. The Balaban J connectivity index is 1.60. The number of amides is 1. The van der Waals surface area contributed by atoms with Gasteiger partial charge in [0.15, 0.2) is 5.76 Å². The molecule has 10 heteroatoms. The van der Waals surface area contributed by atoms with Crippen LogP contribution in [-0.4, -0.2) is 61.7 Å². The molecule has 1 aromatic heterocycles. The first-order valence-corrected chi connectivity index (χ1v) is 9.24. The number of halogens is 3. The first-order valence-electron chi connectivity index (χ1n) is 9.24. The number of carbonyl (C=O) groups is 1. The number of carbonyl (C=O) groups excluding carboxylic acids is 1. The van der Waals surface area contributed by atoms with Gasteiger partial charge in [-0.15, -0.1) is 13.2 Å². The summed E-state index contributed by atoms with van der Waals surface area (Å²) in [7, 11) is 0. The Morgan fingerprint density at radius 1 is 1.24 bits per heavy atom. The van der Waals surface area contributed by atoms with Crippen molar-refractivity contribution in [1.29, 1.82) is 0 Å². The van der Waals surface area contributed by atoms with Gasteiger partial charge < -0.3 is 19.3 Å². The van der Waals surface area contributed by atoms with E-state index in [4.69, 9.17) is 9.26 Å². The van der Waals surface area contributed by atoms with Crippen molar-refractivity contribution in [3.63, 3.8) is 0 Å².